The molecule has 150 valence electrons. The molecule has 1 N–H and O–H groups in total. The minimum absolute atomic E-state index is 0.0762. The Morgan fingerprint density at radius 1 is 1.17 bits per heavy atom. The van der Waals surface area contributed by atoms with Gasteiger partial charge in [0.1, 0.15) is 0 Å². The highest BCUT2D eigenvalue weighted by atomic mass is 16.6. The maximum absolute atomic E-state index is 12.8. The van der Waals surface area contributed by atoms with E-state index in [-0.39, 0.29) is 29.0 Å². The molecule has 29 heavy (non-hydrogen) atoms. The first-order valence-electron chi connectivity index (χ1n) is 9.95. The lowest BCUT2D eigenvalue weighted by Crippen LogP contribution is -2.33. The smallest absolute Gasteiger partial charge is 0.273 e. The zero-order valence-corrected chi connectivity index (χ0v) is 16.3. The summed E-state index contributed by atoms with van der Waals surface area (Å²) in [6.07, 6.45) is 4.95. The van der Waals surface area contributed by atoms with Gasteiger partial charge in [-0.1, -0.05) is 18.9 Å². The second-order valence-corrected chi connectivity index (χ2v) is 7.73. The van der Waals surface area contributed by atoms with Crippen LogP contribution in [0.2, 0.25) is 0 Å². The second kappa shape index (κ2) is 7.66. The summed E-state index contributed by atoms with van der Waals surface area (Å²) in [5, 5.41) is 13.9. The van der Waals surface area contributed by atoms with Crippen molar-refractivity contribution in [2.24, 2.45) is 5.92 Å². The first-order valence-corrected chi connectivity index (χ1v) is 9.95. The Kier molecular flexibility index (Phi) is 5.05. The van der Waals surface area contributed by atoms with E-state index < -0.39 is 4.92 Å². The average molecular weight is 393 g/mol. The molecule has 0 radical (unpaired) electrons. The van der Waals surface area contributed by atoms with Gasteiger partial charge in [0.05, 0.1) is 4.92 Å². The van der Waals surface area contributed by atoms with E-state index in [1.165, 1.54) is 12.1 Å². The molecular formula is C22H23N3O4. The fourth-order valence-corrected chi connectivity index (χ4v) is 4.37. The van der Waals surface area contributed by atoms with Crippen molar-refractivity contribution in [3.8, 4) is 0 Å². The second-order valence-electron chi connectivity index (χ2n) is 7.73. The minimum atomic E-state index is -0.489. The molecule has 0 saturated heterocycles. The Morgan fingerprint density at radius 3 is 2.66 bits per heavy atom. The fourth-order valence-electron chi connectivity index (χ4n) is 4.37. The van der Waals surface area contributed by atoms with Crippen LogP contribution >= 0.6 is 0 Å². The number of nitrogens with zero attached hydrogens (tertiary/aromatic N) is 2. The first-order chi connectivity index (χ1) is 14.0. The molecule has 0 bridgehead atoms. The summed E-state index contributed by atoms with van der Waals surface area (Å²) < 4.78 is 0. The molecule has 0 spiro atoms. The number of benzene rings is 2. The molecule has 2 aromatic rings. The molecule has 1 aliphatic heterocycles. The van der Waals surface area contributed by atoms with Gasteiger partial charge in [0.15, 0.2) is 0 Å². The highest BCUT2D eigenvalue weighted by molar-refractivity contribution is 6.06. The number of nitro benzene ring substituents is 1. The molecule has 0 unspecified atom stereocenters. The first kappa shape index (κ1) is 19.1. The van der Waals surface area contributed by atoms with E-state index in [9.17, 15) is 19.7 Å². The van der Waals surface area contributed by atoms with Crippen LogP contribution in [0.25, 0.3) is 0 Å². The van der Waals surface area contributed by atoms with Gasteiger partial charge in [0.25, 0.3) is 11.6 Å². The Hall–Kier alpha value is -3.22. The van der Waals surface area contributed by atoms with Gasteiger partial charge >= 0.3 is 0 Å². The van der Waals surface area contributed by atoms with Gasteiger partial charge in [-0.3, -0.25) is 19.7 Å². The van der Waals surface area contributed by atoms with Crippen LogP contribution in [0.3, 0.4) is 0 Å². The monoisotopic (exact) mass is 393 g/mol. The molecule has 4 rings (SSSR count). The van der Waals surface area contributed by atoms with E-state index in [0.717, 1.165) is 43.4 Å². The maximum atomic E-state index is 12.8. The predicted molar refractivity (Wildman–Crippen MR) is 110 cm³/mol. The average Bonchev–Trinajstić information content (AvgIpc) is 3.37. The number of anilines is 2. The van der Waals surface area contributed by atoms with Crippen LogP contribution in [0.5, 0.6) is 0 Å². The van der Waals surface area contributed by atoms with Crippen LogP contribution in [-0.4, -0.2) is 23.3 Å². The number of hydrogen-bond acceptors (Lipinski definition) is 4. The quantitative estimate of drug-likeness (QED) is 0.621. The molecule has 1 fully saturated rings. The molecule has 0 aromatic heterocycles. The van der Waals surface area contributed by atoms with Gasteiger partial charge < -0.3 is 10.2 Å². The molecule has 1 aliphatic carbocycles. The van der Waals surface area contributed by atoms with Crippen LogP contribution in [-0.2, 0) is 11.2 Å². The van der Waals surface area contributed by atoms with E-state index in [1.807, 2.05) is 17.0 Å². The topological polar surface area (TPSA) is 92.6 Å². The number of fused-ring (bicyclic) bond motifs is 1. The van der Waals surface area contributed by atoms with Crippen LogP contribution in [0, 0.1) is 23.0 Å². The molecule has 2 aliphatic rings. The third-order valence-corrected chi connectivity index (χ3v) is 5.95. The Bertz CT molecular complexity index is 996. The number of nitro groups is 1. The standard InChI is InChI=1S/C22H23N3O4/c1-14-18(7-4-8-19(14)25(28)29)21(26)23-17-9-10-20-16(13-17)11-12-24(20)22(27)15-5-2-3-6-15/h4,7-10,13,15H,2-3,5-6,11-12H2,1H3,(H,23,26). The highest BCUT2D eigenvalue weighted by Gasteiger charge is 2.32. The van der Waals surface area contributed by atoms with Gasteiger partial charge in [-0.2, -0.15) is 0 Å². The van der Waals surface area contributed by atoms with E-state index in [2.05, 4.69) is 5.32 Å². The lowest BCUT2D eigenvalue weighted by Gasteiger charge is -2.21. The summed E-state index contributed by atoms with van der Waals surface area (Å²) in [5.74, 6) is -0.0366. The van der Waals surface area contributed by atoms with Gasteiger partial charge in [-0.05, 0) is 56.0 Å². The van der Waals surface area contributed by atoms with Crippen LogP contribution in [0.1, 0.15) is 47.2 Å². The number of carbonyl (C=O) groups is 2. The minimum Gasteiger partial charge on any atom is -0.322 e. The van der Waals surface area contributed by atoms with Crippen molar-refractivity contribution < 1.29 is 14.5 Å². The van der Waals surface area contributed by atoms with E-state index in [0.29, 0.717) is 17.8 Å². The largest absolute Gasteiger partial charge is 0.322 e. The SMILES string of the molecule is Cc1c(C(=O)Nc2ccc3c(c2)CCN3C(=O)C2CCCC2)cccc1[N+](=O)[O-]. The lowest BCUT2D eigenvalue weighted by atomic mass is 10.1. The molecule has 2 amide bonds. The van der Waals surface area contributed by atoms with Crippen LogP contribution < -0.4 is 10.2 Å². The lowest BCUT2D eigenvalue weighted by molar-refractivity contribution is -0.385. The third-order valence-electron chi connectivity index (χ3n) is 5.95. The summed E-state index contributed by atoms with van der Waals surface area (Å²) in [6.45, 7) is 2.24. The van der Waals surface area contributed by atoms with E-state index in [1.54, 1.807) is 19.1 Å². The van der Waals surface area contributed by atoms with Crippen LogP contribution in [0.15, 0.2) is 36.4 Å². The maximum Gasteiger partial charge on any atom is 0.273 e. The molecule has 1 saturated carbocycles. The number of nitrogens with one attached hydrogen (secondary N) is 1. The Labute approximate surface area is 168 Å². The molecule has 0 atom stereocenters. The van der Waals surface area contributed by atoms with Crippen molar-refractivity contribution >= 4 is 28.9 Å². The molecule has 2 aromatic carbocycles. The van der Waals surface area contributed by atoms with Crippen LogP contribution in [0.4, 0.5) is 17.1 Å². The number of hydrogen-bond donors (Lipinski definition) is 1. The fraction of sp³-hybridized carbons (Fsp3) is 0.364. The van der Waals surface area contributed by atoms with Crippen molar-refractivity contribution in [1.29, 1.82) is 0 Å². The van der Waals surface area contributed by atoms with E-state index in [4.69, 9.17) is 0 Å². The predicted octanol–water partition coefficient (Wildman–Crippen LogP) is 4.23. The molecular weight excluding hydrogens is 370 g/mol. The summed E-state index contributed by atoms with van der Waals surface area (Å²) in [4.78, 5) is 37.9. The summed E-state index contributed by atoms with van der Waals surface area (Å²) >= 11 is 0. The van der Waals surface area contributed by atoms with Crippen molar-refractivity contribution in [2.75, 3.05) is 16.8 Å². The van der Waals surface area contributed by atoms with Gasteiger partial charge in [0, 0.05) is 41.0 Å². The molecule has 7 nitrogen and oxygen atoms in total. The van der Waals surface area contributed by atoms with E-state index >= 15 is 0 Å². The summed E-state index contributed by atoms with van der Waals surface area (Å²) in [7, 11) is 0. The normalized spacial score (nSPS) is 16.0. The number of amides is 2. The van der Waals surface area contributed by atoms with Gasteiger partial charge in [-0.25, -0.2) is 0 Å². The van der Waals surface area contributed by atoms with Crippen molar-refractivity contribution in [3.63, 3.8) is 0 Å². The van der Waals surface area contributed by atoms with Crippen molar-refractivity contribution in [3.05, 3.63) is 63.2 Å². The Morgan fingerprint density at radius 2 is 1.93 bits per heavy atom. The van der Waals surface area contributed by atoms with Crippen molar-refractivity contribution in [2.45, 2.75) is 39.0 Å². The zero-order chi connectivity index (χ0) is 20.5. The van der Waals surface area contributed by atoms with Crippen molar-refractivity contribution in [1.82, 2.24) is 0 Å². The number of carbonyl (C=O) groups excluding carboxylic acids is 2. The highest BCUT2D eigenvalue weighted by Crippen LogP contribution is 2.35. The van der Waals surface area contributed by atoms with Gasteiger partial charge in [-0.15, -0.1) is 0 Å². The van der Waals surface area contributed by atoms with Gasteiger partial charge in [0.2, 0.25) is 5.91 Å². The summed E-state index contributed by atoms with van der Waals surface area (Å²) in [5.41, 5.74) is 3.11. The number of rotatable bonds is 4. The summed E-state index contributed by atoms with van der Waals surface area (Å²) in [6, 6.07) is 10.0. The third kappa shape index (κ3) is 3.60. The zero-order valence-electron chi connectivity index (χ0n) is 16.3. The molecule has 7 heteroatoms. The molecule has 1 heterocycles. The Balaban J connectivity index is 1.52.